The second-order valence-electron chi connectivity index (χ2n) is 15.1. The predicted molar refractivity (Wildman–Crippen MR) is 198 cm³/mol. The Morgan fingerprint density at radius 3 is 2.48 bits per heavy atom. The number of halogens is 1. The molecule has 4 N–H and O–H groups in total. The Labute approximate surface area is 308 Å². The van der Waals surface area contributed by atoms with Gasteiger partial charge < -0.3 is 30.2 Å². The number of benzene rings is 2. The molecule has 13 heteroatoms. The highest BCUT2D eigenvalue weighted by Crippen LogP contribution is 2.63. The first-order valence-corrected chi connectivity index (χ1v) is 18.6. The third-order valence-electron chi connectivity index (χ3n) is 12.1. The van der Waals surface area contributed by atoms with Crippen LogP contribution in [0.3, 0.4) is 0 Å². The maximum Gasteiger partial charge on any atom is 0.311 e. The number of nitrogens with one attached hydrogen (secondary N) is 4. The van der Waals surface area contributed by atoms with Gasteiger partial charge in [-0.25, -0.2) is 9.97 Å². The Balaban J connectivity index is 0.926. The molecular weight excluding hydrogens is 680 g/mol. The monoisotopic (exact) mass is 724 g/mol. The van der Waals surface area contributed by atoms with Crippen LogP contribution in [0.2, 0.25) is 5.02 Å². The Bertz CT molecular complexity index is 2080. The van der Waals surface area contributed by atoms with E-state index in [4.69, 9.17) is 21.3 Å². The van der Waals surface area contributed by atoms with Gasteiger partial charge in [-0.1, -0.05) is 35.9 Å². The second kappa shape index (κ2) is 13.5. The average molecular weight is 725 g/mol. The summed E-state index contributed by atoms with van der Waals surface area (Å²) >= 11 is 6.94. The highest BCUT2D eigenvalue weighted by Gasteiger charge is 2.58. The van der Waals surface area contributed by atoms with Crippen LogP contribution >= 0.6 is 11.6 Å². The van der Waals surface area contributed by atoms with Gasteiger partial charge in [-0.05, 0) is 80.7 Å². The molecule has 4 aromatic rings. The molecule has 4 aliphatic rings. The molecular formula is C39H45ClN8O4. The number of aromatic amines is 1. The van der Waals surface area contributed by atoms with E-state index in [9.17, 15) is 14.4 Å². The highest BCUT2D eigenvalue weighted by atomic mass is 35.5. The Morgan fingerprint density at radius 1 is 0.962 bits per heavy atom. The summed E-state index contributed by atoms with van der Waals surface area (Å²) in [5.41, 5.74) is 7.36. The molecule has 2 saturated carbocycles. The van der Waals surface area contributed by atoms with Gasteiger partial charge in [0.05, 0.1) is 40.3 Å². The lowest BCUT2D eigenvalue weighted by Crippen LogP contribution is -2.33. The first-order valence-electron chi connectivity index (χ1n) is 18.2. The van der Waals surface area contributed by atoms with E-state index >= 15 is 0 Å². The van der Waals surface area contributed by atoms with Crippen molar-refractivity contribution in [2.75, 3.05) is 37.4 Å². The van der Waals surface area contributed by atoms with Crippen molar-refractivity contribution in [2.45, 2.75) is 71.4 Å². The average Bonchev–Trinajstić information content (AvgIpc) is 3.94. The number of esters is 1. The van der Waals surface area contributed by atoms with Gasteiger partial charge >= 0.3 is 5.97 Å². The number of methoxy groups -OCH3 is 1. The molecule has 0 saturated heterocycles. The fraction of sp³-hybridized carbons (Fsp3) is 0.462. The second-order valence-corrected chi connectivity index (χ2v) is 15.5. The molecule has 0 radical (unpaired) electrons. The number of aromatic nitrogens is 4. The van der Waals surface area contributed by atoms with Crippen LogP contribution in [0, 0.1) is 17.8 Å². The van der Waals surface area contributed by atoms with Crippen molar-refractivity contribution >= 4 is 40.8 Å². The predicted octanol–water partition coefficient (Wildman–Crippen LogP) is 5.79. The van der Waals surface area contributed by atoms with Crippen LogP contribution in [0.25, 0.3) is 11.1 Å². The molecule has 2 amide bonds. The fourth-order valence-electron chi connectivity index (χ4n) is 9.12. The molecule has 12 nitrogen and oxygen atoms in total. The van der Waals surface area contributed by atoms with E-state index in [1.165, 1.54) is 7.11 Å². The fourth-order valence-corrected chi connectivity index (χ4v) is 9.40. The number of carbonyl (C=O) groups is 3. The molecule has 0 spiro atoms. The van der Waals surface area contributed by atoms with Crippen molar-refractivity contribution in [1.82, 2.24) is 29.7 Å². The number of carbonyl (C=O) groups excluding carboxylic acids is 3. The van der Waals surface area contributed by atoms with Crippen molar-refractivity contribution < 1.29 is 19.1 Å². The molecule has 2 aromatic carbocycles. The SMILES string of the molecule is COC(=O)C12CCC(CCN3CCc4nc(C(=O)Nc5cccc(-c6cccc(NC(=O)c7nc8c(n7C)CCNC8)c6Cl)c5C)[nH]c4C3)(CC1)C2. The van der Waals surface area contributed by atoms with Crippen LogP contribution in [0.4, 0.5) is 11.4 Å². The molecule has 272 valence electrons. The van der Waals surface area contributed by atoms with E-state index < -0.39 is 0 Å². The summed E-state index contributed by atoms with van der Waals surface area (Å²) in [6, 6.07) is 11.2. The quantitative estimate of drug-likeness (QED) is 0.159. The van der Waals surface area contributed by atoms with Crippen LogP contribution in [0.15, 0.2) is 36.4 Å². The number of imidazole rings is 2. The zero-order chi connectivity index (χ0) is 36.2. The van der Waals surface area contributed by atoms with Crippen molar-refractivity contribution in [1.29, 1.82) is 0 Å². The molecule has 2 fully saturated rings. The number of rotatable bonds is 9. The van der Waals surface area contributed by atoms with Gasteiger partial charge in [-0.3, -0.25) is 19.3 Å². The van der Waals surface area contributed by atoms with E-state index in [1.807, 2.05) is 48.9 Å². The molecule has 2 bridgehead atoms. The number of ether oxygens (including phenoxy) is 1. The van der Waals surface area contributed by atoms with Crippen molar-refractivity contribution in [3.63, 3.8) is 0 Å². The minimum Gasteiger partial charge on any atom is -0.469 e. The molecule has 52 heavy (non-hydrogen) atoms. The summed E-state index contributed by atoms with van der Waals surface area (Å²) < 4.78 is 7.01. The summed E-state index contributed by atoms with van der Waals surface area (Å²) in [4.78, 5) is 54.4. The van der Waals surface area contributed by atoms with Crippen LogP contribution in [0.1, 0.15) is 88.1 Å². The number of fused-ring (bicyclic) bond motifs is 4. The van der Waals surface area contributed by atoms with E-state index in [-0.39, 0.29) is 28.6 Å². The first kappa shape index (κ1) is 34.6. The van der Waals surface area contributed by atoms with Gasteiger partial charge in [0.25, 0.3) is 11.8 Å². The minimum absolute atomic E-state index is 0.0316. The molecule has 2 aromatic heterocycles. The summed E-state index contributed by atoms with van der Waals surface area (Å²) in [5, 5.41) is 9.71. The lowest BCUT2D eigenvalue weighted by atomic mass is 9.80. The summed E-state index contributed by atoms with van der Waals surface area (Å²) in [6.07, 6.45) is 7.67. The maximum atomic E-state index is 13.5. The third kappa shape index (κ3) is 6.10. The van der Waals surface area contributed by atoms with Gasteiger partial charge in [0.15, 0.2) is 11.6 Å². The molecule has 4 heterocycles. The molecule has 8 rings (SSSR count). The number of H-pyrrole nitrogens is 1. The number of anilines is 2. The standard InChI is InChI=1S/C39H45ClN8O4/c1-23-24(25-7-5-9-28(32(25)40)46-36(50)34-44-29-20-41-17-10-31(29)47(34)2)6-4-8-26(23)45-35(49)33-42-27-11-18-48(21-30(27)43-33)19-16-38-12-14-39(22-38,15-13-38)37(51)52-3/h4-9,41H,10-22H2,1-3H3,(H,42,43)(H,45,49)(H,46,50). The molecule has 0 atom stereocenters. The van der Waals surface area contributed by atoms with Crippen molar-refractivity contribution in [2.24, 2.45) is 17.9 Å². The number of amides is 2. The van der Waals surface area contributed by atoms with Gasteiger partial charge in [-0.15, -0.1) is 0 Å². The zero-order valence-electron chi connectivity index (χ0n) is 30.0. The molecule has 2 aliphatic carbocycles. The van der Waals surface area contributed by atoms with Crippen LogP contribution in [-0.4, -0.2) is 68.9 Å². The normalized spacial score (nSPS) is 22.2. The van der Waals surface area contributed by atoms with Gasteiger partial charge in [0.2, 0.25) is 0 Å². The van der Waals surface area contributed by atoms with E-state index in [0.29, 0.717) is 41.1 Å². The maximum absolute atomic E-state index is 13.5. The van der Waals surface area contributed by atoms with Crippen LogP contribution in [-0.2, 0) is 42.5 Å². The third-order valence-corrected chi connectivity index (χ3v) is 12.5. The van der Waals surface area contributed by atoms with Gasteiger partial charge in [0, 0.05) is 63.0 Å². The lowest BCUT2D eigenvalue weighted by Gasteiger charge is -2.32. The summed E-state index contributed by atoms with van der Waals surface area (Å²) in [6.45, 7) is 5.99. The number of hydrogen-bond donors (Lipinski definition) is 4. The zero-order valence-corrected chi connectivity index (χ0v) is 30.7. The summed E-state index contributed by atoms with van der Waals surface area (Å²) in [7, 11) is 3.37. The van der Waals surface area contributed by atoms with Gasteiger partial charge in [-0.2, -0.15) is 0 Å². The van der Waals surface area contributed by atoms with Crippen molar-refractivity contribution in [3.05, 3.63) is 81.4 Å². The topological polar surface area (TPSA) is 146 Å². The number of hydrogen-bond acceptors (Lipinski definition) is 8. The Hall–Kier alpha value is -4.52. The minimum atomic E-state index is -0.327. The van der Waals surface area contributed by atoms with E-state index in [2.05, 4.69) is 30.8 Å². The Kier molecular flexibility index (Phi) is 8.95. The van der Waals surface area contributed by atoms with Gasteiger partial charge in [0.1, 0.15) is 0 Å². The molecule has 2 aliphatic heterocycles. The van der Waals surface area contributed by atoms with E-state index in [1.54, 1.807) is 6.07 Å². The van der Waals surface area contributed by atoms with Crippen molar-refractivity contribution in [3.8, 4) is 11.1 Å². The smallest absolute Gasteiger partial charge is 0.311 e. The largest absolute Gasteiger partial charge is 0.469 e. The van der Waals surface area contributed by atoms with Crippen LogP contribution in [0.5, 0.6) is 0 Å². The first-order chi connectivity index (χ1) is 25.1. The Morgan fingerprint density at radius 2 is 1.71 bits per heavy atom. The highest BCUT2D eigenvalue weighted by molar-refractivity contribution is 6.36. The molecule has 0 unspecified atom stereocenters. The number of nitrogens with zero attached hydrogens (tertiary/aromatic N) is 4. The lowest BCUT2D eigenvalue weighted by molar-refractivity contribution is -0.152. The van der Waals surface area contributed by atoms with E-state index in [0.717, 1.165) is 110 Å². The summed E-state index contributed by atoms with van der Waals surface area (Å²) in [5.74, 6) is -0.0350. The van der Waals surface area contributed by atoms with Crippen LogP contribution < -0.4 is 16.0 Å².